The molecule has 1 aromatic carbocycles. The van der Waals surface area contributed by atoms with Crippen molar-refractivity contribution < 1.29 is 9.59 Å². The highest BCUT2D eigenvalue weighted by Crippen LogP contribution is 2.11. The van der Waals surface area contributed by atoms with E-state index in [1.165, 1.54) is 0 Å². The third kappa shape index (κ3) is 5.06. The molecular formula is C18H29N3O2. The quantitative estimate of drug-likeness (QED) is 0.772. The minimum Gasteiger partial charge on any atom is -0.350 e. The second-order valence-electron chi connectivity index (χ2n) is 5.81. The van der Waals surface area contributed by atoms with Crippen LogP contribution in [0.4, 0.5) is 0 Å². The summed E-state index contributed by atoms with van der Waals surface area (Å²) in [5, 5.41) is 2.88. The van der Waals surface area contributed by atoms with Crippen LogP contribution < -0.4 is 11.1 Å². The molecule has 23 heavy (non-hydrogen) atoms. The molecule has 0 bridgehead atoms. The Kier molecular flexibility index (Phi) is 7.23. The van der Waals surface area contributed by atoms with Crippen molar-refractivity contribution in [3.8, 4) is 0 Å². The Balaban J connectivity index is 2.73. The number of carbonyl (C=O) groups excluding carboxylic acids is 2. The number of nitrogens with two attached hydrogens (primary N) is 1. The normalized spacial score (nSPS) is 11.2. The maximum absolute atomic E-state index is 12.2. The molecule has 3 N–H and O–H groups in total. The highest BCUT2D eigenvalue weighted by molar-refractivity contribution is 5.97. The highest BCUT2D eigenvalue weighted by Gasteiger charge is 2.21. The molecule has 0 radical (unpaired) electrons. The number of carbonyl (C=O) groups is 2. The lowest BCUT2D eigenvalue weighted by Gasteiger charge is -2.26. The molecule has 1 aromatic rings. The topological polar surface area (TPSA) is 75.4 Å². The van der Waals surface area contributed by atoms with Crippen molar-refractivity contribution >= 4 is 11.8 Å². The van der Waals surface area contributed by atoms with E-state index in [-0.39, 0.29) is 17.4 Å². The van der Waals surface area contributed by atoms with Crippen LogP contribution in [0.1, 0.15) is 61.3 Å². The zero-order chi connectivity index (χ0) is 17.5. The van der Waals surface area contributed by atoms with Gasteiger partial charge in [0, 0.05) is 36.3 Å². The van der Waals surface area contributed by atoms with Gasteiger partial charge in [0.2, 0.25) is 0 Å². The first-order chi connectivity index (χ1) is 10.9. The third-order valence-electron chi connectivity index (χ3n) is 4.45. The van der Waals surface area contributed by atoms with Crippen LogP contribution >= 0.6 is 0 Å². The van der Waals surface area contributed by atoms with Crippen molar-refractivity contribution in [3.63, 3.8) is 0 Å². The Morgan fingerprint density at radius 2 is 1.48 bits per heavy atom. The van der Waals surface area contributed by atoms with Crippen molar-refractivity contribution in [3.05, 3.63) is 35.4 Å². The molecule has 0 aliphatic carbocycles. The monoisotopic (exact) mass is 319 g/mol. The molecule has 0 atom stereocenters. The van der Waals surface area contributed by atoms with Crippen LogP contribution in [-0.4, -0.2) is 41.9 Å². The molecule has 0 saturated heterocycles. The summed E-state index contributed by atoms with van der Waals surface area (Å²) in [6.07, 6.45) is 1.61. The van der Waals surface area contributed by atoms with E-state index in [1.807, 2.05) is 27.7 Å². The second kappa shape index (κ2) is 8.67. The first-order valence-corrected chi connectivity index (χ1v) is 8.37. The zero-order valence-corrected chi connectivity index (χ0v) is 14.7. The van der Waals surface area contributed by atoms with Crippen molar-refractivity contribution in [1.82, 2.24) is 10.2 Å². The Hall–Kier alpha value is -1.88. The van der Waals surface area contributed by atoms with Gasteiger partial charge in [-0.05, 0) is 51.0 Å². The summed E-state index contributed by atoms with van der Waals surface area (Å²) in [7, 11) is 0. The average molecular weight is 319 g/mol. The van der Waals surface area contributed by atoms with Crippen LogP contribution in [0.25, 0.3) is 0 Å². The molecule has 5 heteroatoms. The van der Waals surface area contributed by atoms with Gasteiger partial charge in [-0.1, -0.05) is 13.8 Å². The minimum absolute atomic E-state index is 0.0140. The Morgan fingerprint density at radius 3 is 1.91 bits per heavy atom. The fourth-order valence-electron chi connectivity index (χ4n) is 2.32. The van der Waals surface area contributed by atoms with Crippen LogP contribution in [0.5, 0.6) is 0 Å². The summed E-state index contributed by atoms with van der Waals surface area (Å²) in [4.78, 5) is 26.2. The van der Waals surface area contributed by atoms with Crippen molar-refractivity contribution in [2.24, 2.45) is 5.73 Å². The van der Waals surface area contributed by atoms with Crippen LogP contribution in [0.2, 0.25) is 0 Å². The number of nitrogens with one attached hydrogen (secondary N) is 1. The number of nitrogens with zero attached hydrogens (tertiary/aromatic N) is 1. The van der Waals surface area contributed by atoms with Gasteiger partial charge in [-0.2, -0.15) is 0 Å². The van der Waals surface area contributed by atoms with Gasteiger partial charge < -0.3 is 16.0 Å². The Morgan fingerprint density at radius 1 is 1.00 bits per heavy atom. The van der Waals surface area contributed by atoms with Crippen LogP contribution in [0.3, 0.4) is 0 Å². The molecule has 0 aliphatic rings. The summed E-state index contributed by atoms with van der Waals surface area (Å²) >= 11 is 0. The molecule has 0 aliphatic heterocycles. The smallest absolute Gasteiger partial charge is 0.253 e. The molecule has 0 spiro atoms. The van der Waals surface area contributed by atoms with Gasteiger partial charge in [0.25, 0.3) is 11.8 Å². The fourth-order valence-corrected chi connectivity index (χ4v) is 2.32. The summed E-state index contributed by atoms with van der Waals surface area (Å²) < 4.78 is 0. The third-order valence-corrected chi connectivity index (χ3v) is 4.45. The van der Waals surface area contributed by atoms with E-state index < -0.39 is 0 Å². The van der Waals surface area contributed by atoms with Crippen LogP contribution in [0.15, 0.2) is 24.3 Å². The number of hydrogen-bond acceptors (Lipinski definition) is 3. The maximum atomic E-state index is 12.2. The number of rotatable bonds is 8. The molecule has 0 unspecified atom stereocenters. The van der Waals surface area contributed by atoms with E-state index in [4.69, 9.17) is 5.73 Å². The molecule has 0 saturated carbocycles. The van der Waals surface area contributed by atoms with Crippen LogP contribution in [0, 0.1) is 0 Å². The van der Waals surface area contributed by atoms with E-state index in [2.05, 4.69) is 5.32 Å². The predicted octanol–water partition coefficient (Wildman–Crippen LogP) is 2.42. The number of hydrogen-bond donors (Lipinski definition) is 2. The van der Waals surface area contributed by atoms with Gasteiger partial charge in [-0.3, -0.25) is 9.59 Å². The molecular weight excluding hydrogens is 290 g/mol. The van der Waals surface area contributed by atoms with Gasteiger partial charge >= 0.3 is 0 Å². The van der Waals surface area contributed by atoms with Crippen molar-refractivity contribution in [2.75, 3.05) is 19.6 Å². The van der Waals surface area contributed by atoms with Crippen molar-refractivity contribution in [1.29, 1.82) is 0 Å². The maximum Gasteiger partial charge on any atom is 0.253 e. The summed E-state index contributed by atoms with van der Waals surface area (Å²) in [5.41, 5.74) is 6.95. The molecule has 0 heterocycles. The number of benzene rings is 1. The fraction of sp³-hybridized carbons (Fsp3) is 0.556. The largest absolute Gasteiger partial charge is 0.350 e. The van der Waals surface area contributed by atoms with Gasteiger partial charge in [0.05, 0.1) is 0 Å². The standard InChI is InChI=1S/C18H29N3O2/c1-5-18(19,6-2)13-20-16(22)14-9-11-15(12-10-14)17(23)21(7-3)8-4/h9-12H,5-8,13,19H2,1-4H3,(H,20,22). The first-order valence-electron chi connectivity index (χ1n) is 8.37. The minimum atomic E-state index is -0.367. The lowest BCUT2D eigenvalue weighted by atomic mass is 9.94. The van der Waals surface area contributed by atoms with E-state index in [1.54, 1.807) is 29.2 Å². The van der Waals surface area contributed by atoms with E-state index in [0.717, 1.165) is 12.8 Å². The van der Waals surface area contributed by atoms with Gasteiger partial charge in [0.1, 0.15) is 0 Å². The molecule has 2 amide bonds. The van der Waals surface area contributed by atoms with E-state index in [9.17, 15) is 9.59 Å². The predicted molar refractivity (Wildman–Crippen MR) is 93.5 cm³/mol. The molecule has 0 aromatic heterocycles. The Bertz CT molecular complexity index is 518. The molecule has 128 valence electrons. The SMILES string of the molecule is CCN(CC)C(=O)c1ccc(C(=O)NCC(N)(CC)CC)cc1. The Labute approximate surface area is 139 Å². The van der Waals surface area contributed by atoms with Gasteiger partial charge in [-0.25, -0.2) is 0 Å². The van der Waals surface area contributed by atoms with Gasteiger partial charge in [0.15, 0.2) is 0 Å². The summed E-state index contributed by atoms with van der Waals surface area (Å²) in [6, 6.07) is 6.76. The van der Waals surface area contributed by atoms with E-state index >= 15 is 0 Å². The first kappa shape index (κ1) is 19.2. The lowest BCUT2D eigenvalue weighted by molar-refractivity contribution is 0.0772. The summed E-state index contributed by atoms with van der Waals surface area (Å²) in [6.45, 7) is 9.72. The van der Waals surface area contributed by atoms with Crippen LogP contribution in [-0.2, 0) is 0 Å². The number of amides is 2. The summed E-state index contributed by atoms with van der Waals surface area (Å²) in [5.74, 6) is -0.177. The molecule has 0 fully saturated rings. The van der Waals surface area contributed by atoms with E-state index in [0.29, 0.717) is 30.8 Å². The highest BCUT2D eigenvalue weighted by atomic mass is 16.2. The molecule has 5 nitrogen and oxygen atoms in total. The average Bonchev–Trinajstić information content (AvgIpc) is 2.60. The lowest BCUT2D eigenvalue weighted by Crippen LogP contribution is -2.49. The second-order valence-corrected chi connectivity index (χ2v) is 5.81. The molecule has 1 rings (SSSR count). The van der Waals surface area contributed by atoms with Crippen molar-refractivity contribution in [2.45, 2.75) is 46.1 Å². The zero-order valence-electron chi connectivity index (χ0n) is 14.7. The van der Waals surface area contributed by atoms with Gasteiger partial charge in [-0.15, -0.1) is 0 Å².